The zero-order valence-corrected chi connectivity index (χ0v) is 16.2. The summed E-state index contributed by atoms with van der Waals surface area (Å²) in [6, 6.07) is 21.8. The van der Waals surface area contributed by atoms with Gasteiger partial charge < -0.3 is 9.26 Å². The van der Waals surface area contributed by atoms with Gasteiger partial charge in [-0.15, -0.1) is 0 Å². The van der Waals surface area contributed by atoms with Crippen LogP contribution in [-0.2, 0) is 19.7 Å². The van der Waals surface area contributed by atoms with Crippen LogP contribution in [0.15, 0.2) is 83.6 Å². The zero-order valence-electron chi connectivity index (χ0n) is 16.2. The lowest BCUT2D eigenvalue weighted by Crippen LogP contribution is -2.18. The molecule has 29 heavy (non-hydrogen) atoms. The molecule has 146 valence electrons. The van der Waals surface area contributed by atoms with E-state index in [1.165, 1.54) is 0 Å². The minimum Gasteiger partial charge on any atom is -0.489 e. The maximum atomic E-state index is 6.02. The van der Waals surface area contributed by atoms with Crippen LogP contribution in [0.2, 0.25) is 0 Å². The molecule has 0 amide bonds. The Labute approximate surface area is 169 Å². The number of hydrogen-bond donors (Lipinski definition) is 0. The first-order valence-corrected chi connectivity index (χ1v) is 9.44. The van der Waals surface area contributed by atoms with Gasteiger partial charge in [0.1, 0.15) is 12.4 Å². The van der Waals surface area contributed by atoms with Gasteiger partial charge in [0.15, 0.2) is 0 Å². The van der Waals surface area contributed by atoms with Crippen LogP contribution in [0.5, 0.6) is 5.75 Å². The molecule has 0 saturated heterocycles. The predicted octanol–water partition coefficient (Wildman–Crippen LogP) is 4.34. The minimum absolute atomic E-state index is 0.485. The number of aromatic nitrogens is 3. The number of hydrogen-bond acceptors (Lipinski definition) is 6. The first kappa shape index (κ1) is 18.8. The van der Waals surface area contributed by atoms with Gasteiger partial charge in [-0.2, -0.15) is 4.98 Å². The van der Waals surface area contributed by atoms with E-state index in [2.05, 4.69) is 26.1 Å². The molecule has 6 nitrogen and oxygen atoms in total. The first-order valence-electron chi connectivity index (χ1n) is 9.44. The molecule has 2 aromatic heterocycles. The van der Waals surface area contributed by atoms with Gasteiger partial charge >= 0.3 is 0 Å². The summed E-state index contributed by atoms with van der Waals surface area (Å²) in [5.41, 5.74) is 3.08. The van der Waals surface area contributed by atoms with E-state index in [-0.39, 0.29) is 0 Å². The van der Waals surface area contributed by atoms with Gasteiger partial charge in [0, 0.05) is 35.6 Å². The third-order valence-electron chi connectivity index (χ3n) is 4.44. The van der Waals surface area contributed by atoms with Crippen LogP contribution in [0.1, 0.15) is 17.0 Å². The Hall–Kier alpha value is -3.51. The highest BCUT2D eigenvalue weighted by molar-refractivity contribution is 5.53. The number of para-hydroxylation sites is 1. The summed E-state index contributed by atoms with van der Waals surface area (Å²) in [6.45, 7) is 1.74. The molecule has 0 spiro atoms. The highest BCUT2D eigenvalue weighted by Crippen LogP contribution is 2.22. The molecule has 0 unspecified atom stereocenters. The fourth-order valence-electron chi connectivity index (χ4n) is 3.02. The van der Waals surface area contributed by atoms with Crippen molar-refractivity contribution in [2.75, 3.05) is 7.05 Å². The standard InChI is InChI=1S/C23H22N4O2/c1-27(16-22-25-23(26-29-22)19-9-3-2-4-10-19)15-20-11-5-6-12-21(20)28-17-18-8-7-13-24-14-18/h2-14H,15-17H2,1H3. The summed E-state index contributed by atoms with van der Waals surface area (Å²) >= 11 is 0. The predicted molar refractivity (Wildman–Crippen MR) is 110 cm³/mol. The second kappa shape index (κ2) is 9.12. The topological polar surface area (TPSA) is 64.3 Å². The lowest BCUT2D eigenvalue weighted by molar-refractivity contribution is 0.251. The molecule has 4 aromatic rings. The molecule has 0 fully saturated rings. The van der Waals surface area contributed by atoms with Gasteiger partial charge in [0.2, 0.25) is 11.7 Å². The van der Waals surface area contributed by atoms with Gasteiger partial charge in [0.05, 0.1) is 6.54 Å². The minimum atomic E-state index is 0.485. The summed E-state index contributed by atoms with van der Waals surface area (Å²) in [7, 11) is 2.02. The third kappa shape index (κ3) is 5.06. The van der Waals surface area contributed by atoms with Crippen molar-refractivity contribution in [3.8, 4) is 17.1 Å². The molecule has 0 aliphatic heterocycles. The largest absolute Gasteiger partial charge is 0.489 e. The molecule has 4 rings (SSSR count). The van der Waals surface area contributed by atoms with Crippen LogP contribution in [0.4, 0.5) is 0 Å². The molecule has 6 heteroatoms. The van der Waals surface area contributed by atoms with Crippen LogP contribution >= 0.6 is 0 Å². The summed E-state index contributed by atoms with van der Waals surface area (Å²) in [4.78, 5) is 10.7. The van der Waals surface area contributed by atoms with E-state index in [1.807, 2.05) is 73.9 Å². The van der Waals surface area contributed by atoms with Crippen LogP contribution in [0.3, 0.4) is 0 Å². The van der Waals surface area contributed by atoms with Crippen molar-refractivity contribution in [2.45, 2.75) is 19.7 Å². The van der Waals surface area contributed by atoms with Crippen LogP contribution < -0.4 is 4.74 Å². The Morgan fingerprint density at radius 3 is 2.59 bits per heavy atom. The zero-order chi connectivity index (χ0) is 19.9. The number of nitrogens with zero attached hydrogens (tertiary/aromatic N) is 4. The Kier molecular flexibility index (Phi) is 5.92. The molecule has 0 saturated carbocycles. The van der Waals surface area contributed by atoms with Gasteiger partial charge in [-0.1, -0.05) is 59.8 Å². The lowest BCUT2D eigenvalue weighted by Gasteiger charge is -2.17. The summed E-state index contributed by atoms with van der Waals surface area (Å²) in [5, 5.41) is 4.08. The molecule has 0 aliphatic carbocycles. The molecule has 0 bridgehead atoms. The molecule has 0 radical (unpaired) electrons. The Bertz CT molecular complexity index is 1030. The van der Waals surface area contributed by atoms with Crippen molar-refractivity contribution in [3.63, 3.8) is 0 Å². The second-order valence-electron chi connectivity index (χ2n) is 6.81. The molecular weight excluding hydrogens is 364 g/mol. The summed E-state index contributed by atoms with van der Waals surface area (Å²) in [5.74, 6) is 2.05. The number of rotatable bonds is 8. The van der Waals surface area contributed by atoms with Gasteiger partial charge in [-0.3, -0.25) is 9.88 Å². The monoisotopic (exact) mass is 386 g/mol. The van der Waals surface area contributed by atoms with Gasteiger partial charge in [-0.05, 0) is 19.2 Å². The lowest BCUT2D eigenvalue weighted by atomic mass is 10.2. The Morgan fingerprint density at radius 1 is 0.931 bits per heavy atom. The number of benzene rings is 2. The van der Waals surface area contributed by atoms with Crippen molar-refractivity contribution >= 4 is 0 Å². The first-order chi connectivity index (χ1) is 14.3. The van der Waals surface area contributed by atoms with Crippen molar-refractivity contribution in [3.05, 3.63) is 96.1 Å². The van der Waals surface area contributed by atoms with Crippen molar-refractivity contribution in [1.82, 2.24) is 20.0 Å². The van der Waals surface area contributed by atoms with Crippen LogP contribution in [0.25, 0.3) is 11.4 Å². The highest BCUT2D eigenvalue weighted by atomic mass is 16.5. The van der Waals surface area contributed by atoms with Crippen molar-refractivity contribution in [2.24, 2.45) is 0 Å². The van der Waals surface area contributed by atoms with E-state index < -0.39 is 0 Å². The van der Waals surface area contributed by atoms with E-state index in [9.17, 15) is 0 Å². The SMILES string of the molecule is CN(Cc1nc(-c2ccccc2)no1)Cc1ccccc1OCc1cccnc1. The second-order valence-corrected chi connectivity index (χ2v) is 6.81. The van der Waals surface area contributed by atoms with E-state index in [0.717, 1.165) is 22.4 Å². The van der Waals surface area contributed by atoms with Crippen molar-refractivity contribution in [1.29, 1.82) is 0 Å². The van der Waals surface area contributed by atoms with E-state index in [1.54, 1.807) is 6.20 Å². The summed E-state index contributed by atoms with van der Waals surface area (Å²) < 4.78 is 11.4. The van der Waals surface area contributed by atoms with Crippen LogP contribution in [0, 0.1) is 0 Å². The highest BCUT2D eigenvalue weighted by Gasteiger charge is 2.12. The molecule has 0 atom stereocenters. The third-order valence-corrected chi connectivity index (χ3v) is 4.44. The van der Waals surface area contributed by atoms with Gasteiger partial charge in [0.25, 0.3) is 0 Å². The Morgan fingerprint density at radius 2 is 1.76 bits per heavy atom. The smallest absolute Gasteiger partial charge is 0.241 e. The molecule has 2 heterocycles. The molecule has 0 aliphatic rings. The number of pyridine rings is 1. The average molecular weight is 386 g/mol. The molecular formula is C23H22N4O2. The Balaban J connectivity index is 1.39. The van der Waals surface area contributed by atoms with Crippen molar-refractivity contribution < 1.29 is 9.26 Å². The van der Waals surface area contributed by atoms with E-state index in [0.29, 0.717) is 31.4 Å². The molecule has 0 N–H and O–H groups in total. The number of ether oxygens (including phenoxy) is 1. The summed E-state index contributed by atoms with van der Waals surface area (Å²) in [6.07, 6.45) is 3.57. The maximum Gasteiger partial charge on any atom is 0.241 e. The van der Waals surface area contributed by atoms with Gasteiger partial charge in [-0.25, -0.2) is 0 Å². The fourth-order valence-corrected chi connectivity index (χ4v) is 3.02. The van der Waals surface area contributed by atoms with E-state index >= 15 is 0 Å². The van der Waals surface area contributed by atoms with Crippen LogP contribution in [-0.4, -0.2) is 27.1 Å². The molecule has 2 aromatic carbocycles. The fraction of sp³-hybridized carbons (Fsp3) is 0.174. The average Bonchev–Trinajstić information content (AvgIpc) is 3.23. The normalized spacial score (nSPS) is 11.0. The quantitative estimate of drug-likeness (QED) is 0.449. The maximum absolute atomic E-state index is 6.02. The van der Waals surface area contributed by atoms with E-state index in [4.69, 9.17) is 9.26 Å².